The molecule has 0 aliphatic heterocycles. The molecule has 0 aliphatic carbocycles. The molecule has 2 N–H and O–H groups in total. The van der Waals surface area contributed by atoms with Crippen molar-refractivity contribution >= 4 is 27.1 Å². The van der Waals surface area contributed by atoms with Gasteiger partial charge in [0.1, 0.15) is 0 Å². The molecule has 1 aromatic carbocycles. The largest absolute Gasteiger partial charge is 0.357 e. The lowest BCUT2D eigenvalue weighted by atomic mass is 10.1. The summed E-state index contributed by atoms with van der Waals surface area (Å²) in [4.78, 5) is 4.99. The predicted octanol–water partition coefficient (Wildman–Crippen LogP) is 3.32. The first kappa shape index (κ1) is 20.5. The summed E-state index contributed by atoms with van der Waals surface area (Å²) in [7, 11) is -3.19. The number of sulfone groups is 1. The first-order valence-corrected chi connectivity index (χ1v) is 11.5. The molecule has 142 valence electrons. The van der Waals surface area contributed by atoms with E-state index in [1.165, 1.54) is 11.8 Å². The van der Waals surface area contributed by atoms with Crippen LogP contribution in [-0.4, -0.2) is 33.7 Å². The first-order valence-electron chi connectivity index (χ1n) is 8.65. The molecular weight excluding hydrogens is 366 g/mol. The van der Waals surface area contributed by atoms with E-state index in [4.69, 9.17) is 0 Å². The van der Waals surface area contributed by atoms with Gasteiger partial charge in [0.05, 0.1) is 11.4 Å². The number of hydrogen-bond acceptors (Lipinski definition) is 4. The van der Waals surface area contributed by atoms with Crippen molar-refractivity contribution in [1.82, 2.24) is 10.6 Å². The number of benzene rings is 1. The summed E-state index contributed by atoms with van der Waals surface area (Å²) >= 11 is 1.71. The molecular formula is C19H27N3O2S2. The van der Waals surface area contributed by atoms with Gasteiger partial charge in [0, 0.05) is 19.3 Å². The third kappa shape index (κ3) is 5.85. The summed E-state index contributed by atoms with van der Waals surface area (Å²) in [5, 5.41) is 10.9. The summed E-state index contributed by atoms with van der Waals surface area (Å²) < 4.78 is 23.4. The van der Waals surface area contributed by atoms with E-state index >= 15 is 0 Å². The number of thiophene rings is 1. The van der Waals surface area contributed by atoms with Crippen molar-refractivity contribution in [3.63, 3.8) is 0 Å². The Morgan fingerprint density at radius 2 is 2.04 bits per heavy atom. The van der Waals surface area contributed by atoms with E-state index in [1.54, 1.807) is 17.4 Å². The number of rotatable bonds is 7. The van der Waals surface area contributed by atoms with Gasteiger partial charge in [-0.3, -0.25) is 0 Å². The Kier molecular flexibility index (Phi) is 7.23. The topological polar surface area (TPSA) is 70.6 Å². The number of aryl methyl sites for hydroxylation is 1. The molecule has 1 aromatic heterocycles. The van der Waals surface area contributed by atoms with Crippen molar-refractivity contribution in [3.8, 4) is 0 Å². The van der Waals surface area contributed by atoms with Crippen LogP contribution in [0, 0.1) is 6.92 Å². The summed E-state index contributed by atoms with van der Waals surface area (Å²) in [6, 6.07) is 7.52. The highest BCUT2D eigenvalue weighted by Gasteiger charge is 2.11. The van der Waals surface area contributed by atoms with Crippen molar-refractivity contribution in [3.05, 3.63) is 51.7 Å². The fraction of sp³-hybridized carbons (Fsp3) is 0.421. The molecule has 1 unspecified atom stereocenters. The van der Waals surface area contributed by atoms with Crippen LogP contribution in [-0.2, 0) is 16.4 Å². The lowest BCUT2D eigenvalue weighted by molar-refractivity contribution is 0.601. The highest BCUT2D eigenvalue weighted by molar-refractivity contribution is 7.90. The fourth-order valence-electron chi connectivity index (χ4n) is 2.66. The third-order valence-corrected chi connectivity index (χ3v) is 6.05. The molecule has 0 radical (unpaired) electrons. The highest BCUT2D eigenvalue weighted by atomic mass is 32.2. The molecule has 0 fully saturated rings. The average molecular weight is 394 g/mol. The smallest absolute Gasteiger partial charge is 0.191 e. The molecule has 0 amide bonds. The molecule has 0 bridgehead atoms. The monoisotopic (exact) mass is 393 g/mol. The van der Waals surface area contributed by atoms with Gasteiger partial charge in [-0.15, -0.1) is 0 Å². The van der Waals surface area contributed by atoms with Crippen molar-refractivity contribution in [1.29, 1.82) is 0 Å². The zero-order valence-corrected chi connectivity index (χ0v) is 17.4. The van der Waals surface area contributed by atoms with Gasteiger partial charge >= 0.3 is 0 Å². The Bertz CT molecular complexity index is 844. The quantitative estimate of drug-likeness (QED) is 0.559. The van der Waals surface area contributed by atoms with Crippen molar-refractivity contribution in [2.24, 2.45) is 4.99 Å². The number of aliphatic imine (C=N–C) groups is 1. The van der Waals surface area contributed by atoms with E-state index < -0.39 is 9.84 Å². The Morgan fingerprint density at radius 3 is 2.62 bits per heavy atom. The van der Waals surface area contributed by atoms with Gasteiger partial charge in [0.2, 0.25) is 0 Å². The van der Waals surface area contributed by atoms with Crippen LogP contribution < -0.4 is 10.6 Å². The normalized spacial score (nSPS) is 13.5. The van der Waals surface area contributed by atoms with Crippen molar-refractivity contribution in [2.45, 2.75) is 38.1 Å². The third-order valence-electron chi connectivity index (χ3n) is 4.09. The van der Waals surface area contributed by atoms with Crippen molar-refractivity contribution in [2.75, 3.05) is 19.3 Å². The fourth-order valence-corrected chi connectivity index (χ4v) is 4.40. The van der Waals surface area contributed by atoms with Crippen LogP contribution in [0.25, 0.3) is 0 Å². The van der Waals surface area contributed by atoms with Crippen LogP contribution in [0.5, 0.6) is 0 Å². The molecule has 0 spiro atoms. The Hall–Kier alpha value is -1.86. The van der Waals surface area contributed by atoms with Crippen LogP contribution >= 0.6 is 11.3 Å². The molecule has 5 nitrogen and oxygen atoms in total. The van der Waals surface area contributed by atoms with E-state index in [9.17, 15) is 8.42 Å². The van der Waals surface area contributed by atoms with Gasteiger partial charge in [-0.25, -0.2) is 13.4 Å². The SMILES string of the molecule is CCNC(=NCc1ccc(S(C)(=O)=O)c(C)c1)NCC(C)c1ccsc1. The van der Waals surface area contributed by atoms with E-state index in [0.717, 1.165) is 30.2 Å². The maximum Gasteiger partial charge on any atom is 0.191 e. The molecule has 0 saturated carbocycles. The van der Waals surface area contributed by atoms with Gasteiger partial charge in [0.15, 0.2) is 15.8 Å². The summed E-state index contributed by atoms with van der Waals surface area (Å²) in [6.07, 6.45) is 1.23. The number of hydrogen-bond donors (Lipinski definition) is 2. The van der Waals surface area contributed by atoms with Gasteiger partial charge in [-0.05, 0) is 59.3 Å². The van der Waals surface area contributed by atoms with E-state index in [-0.39, 0.29) is 0 Å². The van der Waals surface area contributed by atoms with Crippen LogP contribution in [0.2, 0.25) is 0 Å². The molecule has 0 aliphatic rings. The van der Waals surface area contributed by atoms with Gasteiger partial charge in [-0.2, -0.15) is 11.3 Å². The van der Waals surface area contributed by atoms with Crippen LogP contribution in [0.15, 0.2) is 44.9 Å². The molecule has 26 heavy (non-hydrogen) atoms. The summed E-state index contributed by atoms with van der Waals surface area (Å²) in [5.41, 5.74) is 3.06. The standard InChI is InChI=1S/C19H27N3O2S2/c1-5-20-19(21-11-15(3)17-8-9-25-13-17)22-12-16-6-7-18(14(2)10-16)26(4,23)24/h6-10,13,15H,5,11-12H2,1-4H3,(H2,20,21,22). The van der Waals surface area contributed by atoms with Crippen molar-refractivity contribution < 1.29 is 8.42 Å². The minimum absolute atomic E-state index is 0.375. The van der Waals surface area contributed by atoms with E-state index in [1.807, 2.05) is 26.0 Å². The zero-order chi connectivity index (χ0) is 19.2. The van der Waals surface area contributed by atoms with Crippen LogP contribution in [0.3, 0.4) is 0 Å². The maximum absolute atomic E-state index is 11.7. The second kappa shape index (κ2) is 9.19. The number of nitrogens with zero attached hydrogens (tertiary/aromatic N) is 1. The van der Waals surface area contributed by atoms with Gasteiger partial charge < -0.3 is 10.6 Å². The Labute approximate surface area is 160 Å². The minimum atomic E-state index is -3.19. The molecule has 2 rings (SSSR count). The van der Waals surface area contributed by atoms with Crippen LogP contribution in [0.4, 0.5) is 0 Å². The summed E-state index contributed by atoms with van der Waals surface area (Å²) in [5.74, 6) is 1.17. The Balaban J connectivity index is 2.03. The molecule has 2 aromatic rings. The minimum Gasteiger partial charge on any atom is -0.357 e. The lowest BCUT2D eigenvalue weighted by Crippen LogP contribution is -2.39. The first-order chi connectivity index (χ1) is 12.3. The highest BCUT2D eigenvalue weighted by Crippen LogP contribution is 2.18. The Morgan fingerprint density at radius 1 is 1.27 bits per heavy atom. The lowest BCUT2D eigenvalue weighted by Gasteiger charge is -2.15. The average Bonchev–Trinajstić information content (AvgIpc) is 3.10. The maximum atomic E-state index is 11.7. The second-order valence-electron chi connectivity index (χ2n) is 6.41. The second-order valence-corrected chi connectivity index (χ2v) is 9.17. The molecule has 7 heteroatoms. The van der Waals surface area contributed by atoms with Gasteiger partial charge in [-0.1, -0.05) is 19.1 Å². The van der Waals surface area contributed by atoms with E-state index in [2.05, 4.69) is 39.4 Å². The summed E-state index contributed by atoms with van der Waals surface area (Å²) in [6.45, 7) is 8.11. The van der Waals surface area contributed by atoms with Crippen LogP contribution in [0.1, 0.15) is 36.5 Å². The predicted molar refractivity (Wildman–Crippen MR) is 110 cm³/mol. The van der Waals surface area contributed by atoms with Gasteiger partial charge in [0.25, 0.3) is 0 Å². The van der Waals surface area contributed by atoms with E-state index in [0.29, 0.717) is 17.4 Å². The molecule has 0 saturated heterocycles. The molecule has 1 heterocycles. The number of nitrogens with one attached hydrogen (secondary N) is 2. The number of guanidine groups is 1. The molecule has 1 atom stereocenters. The zero-order valence-electron chi connectivity index (χ0n) is 15.7.